The van der Waals surface area contributed by atoms with Crippen LogP contribution in [0.1, 0.15) is 18.9 Å². The summed E-state index contributed by atoms with van der Waals surface area (Å²) in [5.74, 6) is -2.47. The van der Waals surface area contributed by atoms with Crippen LogP contribution in [0.4, 0.5) is 13.2 Å². The van der Waals surface area contributed by atoms with Crippen molar-refractivity contribution in [1.29, 1.82) is 0 Å². The van der Waals surface area contributed by atoms with Gasteiger partial charge in [0.15, 0.2) is 0 Å². The van der Waals surface area contributed by atoms with Crippen molar-refractivity contribution < 1.29 is 35.9 Å². The van der Waals surface area contributed by atoms with E-state index in [9.17, 15) is 31.2 Å². The first-order chi connectivity index (χ1) is 14.8. The number of ether oxygens (including phenoxy) is 1. The van der Waals surface area contributed by atoms with E-state index in [1.165, 1.54) is 17.9 Å². The number of hydrogen-bond acceptors (Lipinski definition) is 5. The summed E-state index contributed by atoms with van der Waals surface area (Å²) in [5, 5.41) is 0.372. The van der Waals surface area contributed by atoms with E-state index < -0.39 is 44.4 Å². The number of rotatable bonds is 6. The molecule has 0 bridgehead atoms. The summed E-state index contributed by atoms with van der Waals surface area (Å²) in [5.41, 5.74) is -0.953. The van der Waals surface area contributed by atoms with Crippen LogP contribution in [-0.2, 0) is 26.0 Å². The molecule has 1 heterocycles. The van der Waals surface area contributed by atoms with Crippen molar-refractivity contribution in [2.45, 2.75) is 36.6 Å². The fraction of sp³-hybridized carbons (Fsp3) is 0.300. The first-order valence-electron chi connectivity index (χ1n) is 9.29. The van der Waals surface area contributed by atoms with Gasteiger partial charge in [0.25, 0.3) is 15.9 Å². The molecule has 32 heavy (non-hydrogen) atoms. The molecule has 1 aliphatic rings. The van der Waals surface area contributed by atoms with Gasteiger partial charge in [-0.05, 0) is 37.1 Å². The highest BCUT2D eigenvalue weighted by molar-refractivity contribution is 7.90. The van der Waals surface area contributed by atoms with Crippen LogP contribution in [0.3, 0.4) is 0 Å². The van der Waals surface area contributed by atoms with Crippen LogP contribution in [0.15, 0.2) is 53.4 Å². The summed E-state index contributed by atoms with van der Waals surface area (Å²) in [7, 11) is -4.72. The number of halogens is 4. The van der Waals surface area contributed by atoms with Gasteiger partial charge in [-0.3, -0.25) is 9.59 Å². The molecule has 0 spiro atoms. The van der Waals surface area contributed by atoms with Crippen LogP contribution in [0, 0.1) is 0 Å². The van der Waals surface area contributed by atoms with E-state index in [2.05, 4.69) is 4.74 Å². The summed E-state index contributed by atoms with van der Waals surface area (Å²) < 4.78 is 68.7. The predicted molar refractivity (Wildman–Crippen MR) is 108 cm³/mol. The van der Waals surface area contributed by atoms with E-state index in [0.29, 0.717) is 10.6 Å². The third-order valence-electron chi connectivity index (χ3n) is 5.10. The van der Waals surface area contributed by atoms with Crippen LogP contribution in [0.2, 0.25) is 5.02 Å². The Kier molecular flexibility index (Phi) is 6.43. The molecule has 1 atom stereocenters. The third-order valence-corrected chi connectivity index (χ3v) is 6.84. The molecular weight excluding hydrogens is 473 g/mol. The Bertz CT molecular complexity index is 1160. The Hall–Kier alpha value is -2.79. The molecule has 7 nitrogen and oxygen atoms in total. The second-order valence-electron chi connectivity index (χ2n) is 7.27. The van der Waals surface area contributed by atoms with Crippen molar-refractivity contribution in [3.63, 3.8) is 0 Å². The molecule has 1 aliphatic heterocycles. The molecule has 1 saturated heterocycles. The quantitative estimate of drug-likeness (QED) is 0.671. The zero-order valence-corrected chi connectivity index (χ0v) is 18.2. The van der Waals surface area contributed by atoms with Crippen LogP contribution in [0.5, 0.6) is 5.75 Å². The Morgan fingerprint density at radius 2 is 1.78 bits per heavy atom. The lowest BCUT2D eigenvalue weighted by Gasteiger charge is -2.49. The summed E-state index contributed by atoms with van der Waals surface area (Å²) in [6.07, 6.45) is -5.06. The minimum Gasteiger partial charge on any atom is -0.404 e. The first kappa shape index (κ1) is 23.9. The van der Waals surface area contributed by atoms with Gasteiger partial charge in [0.05, 0.1) is 6.42 Å². The van der Waals surface area contributed by atoms with Gasteiger partial charge in [-0.1, -0.05) is 41.9 Å². The Morgan fingerprint density at radius 3 is 2.38 bits per heavy atom. The molecule has 0 aromatic heterocycles. The zero-order chi connectivity index (χ0) is 23.7. The number of sulfonamides is 1. The molecule has 2 aromatic rings. The lowest BCUT2D eigenvalue weighted by molar-refractivity contribution is -0.275. The average molecular weight is 491 g/mol. The maximum atomic E-state index is 12.8. The molecule has 12 heteroatoms. The highest BCUT2D eigenvalue weighted by Gasteiger charge is 2.50. The summed E-state index contributed by atoms with van der Waals surface area (Å²) in [6.45, 7) is 1.59. The molecule has 2 aromatic carbocycles. The van der Waals surface area contributed by atoms with Crippen molar-refractivity contribution in [2.75, 3.05) is 6.54 Å². The van der Waals surface area contributed by atoms with E-state index in [1.54, 1.807) is 29.0 Å². The van der Waals surface area contributed by atoms with Gasteiger partial charge in [-0.25, -0.2) is 13.1 Å². The molecule has 0 radical (unpaired) electrons. The van der Waals surface area contributed by atoms with Gasteiger partial charge >= 0.3 is 6.36 Å². The third kappa shape index (κ3) is 4.99. The first-order valence-corrected chi connectivity index (χ1v) is 11.2. The van der Waals surface area contributed by atoms with Crippen LogP contribution in [0.25, 0.3) is 0 Å². The van der Waals surface area contributed by atoms with Gasteiger partial charge < -0.3 is 9.64 Å². The SMILES string of the molecule is CC1(C(=O)NS(=O)(=O)c2ccccc2OC(F)(F)F)CCN1C(=O)Cc1ccccc1Cl. The van der Waals surface area contributed by atoms with Gasteiger partial charge in [-0.15, -0.1) is 13.2 Å². The molecule has 172 valence electrons. The Morgan fingerprint density at radius 1 is 1.16 bits per heavy atom. The van der Waals surface area contributed by atoms with Crippen molar-refractivity contribution >= 4 is 33.4 Å². The summed E-state index contributed by atoms with van der Waals surface area (Å²) in [4.78, 5) is 25.8. The highest BCUT2D eigenvalue weighted by Crippen LogP contribution is 2.34. The standard InChI is InChI=1S/C20H18ClF3N2O5S/c1-19(10-11-26(19)17(27)12-13-6-2-3-7-14(13)21)18(28)25-32(29,30)16-9-5-4-8-15(16)31-20(22,23)24/h2-9H,10-12H2,1H3,(H,25,28). The smallest absolute Gasteiger partial charge is 0.404 e. The monoisotopic (exact) mass is 490 g/mol. The second-order valence-corrected chi connectivity index (χ2v) is 9.32. The number of hydrogen-bond donors (Lipinski definition) is 1. The molecule has 0 aliphatic carbocycles. The van der Waals surface area contributed by atoms with Crippen LogP contribution in [-0.4, -0.2) is 43.6 Å². The molecule has 3 rings (SSSR count). The topological polar surface area (TPSA) is 92.8 Å². The number of alkyl halides is 3. The fourth-order valence-corrected chi connectivity index (χ4v) is 4.67. The van der Waals surface area contributed by atoms with Gasteiger partial charge in [0.2, 0.25) is 5.91 Å². The number of para-hydroxylation sites is 1. The van der Waals surface area contributed by atoms with Crippen LogP contribution >= 0.6 is 11.6 Å². The molecule has 1 N–H and O–H groups in total. The zero-order valence-electron chi connectivity index (χ0n) is 16.6. The second kappa shape index (κ2) is 8.62. The van der Waals surface area contributed by atoms with Gasteiger partial charge in [0, 0.05) is 11.6 Å². The lowest BCUT2D eigenvalue weighted by Crippen LogP contribution is -2.68. The Balaban J connectivity index is 1.78. The number of amides is 2. The van der Waals surface area contributed by atoms with Crippen molar-refractivity contribution in [1.82, 2.24) is 9.62 Å². The van der Waals surface area contributed by atoms with E-state index >= 15 is 0 Å². The molecule has 1 unspecified atom stereocenters. The van der Waals surface area contributed by atoms with E-state index in [1.807, 2.05) is 0 Å². The number of nitrogens with zero attached hydrogens (tertiary/aromatic N) is 1. The number of carbonyl (C=O) groups excluding carboxylic acids is 2. The van der Waals surface area contributed by atoms with E-state index in [4.69, 9.17) is 11.6 Å². The molecular formula is C20H18ClF3N2O5S. The van der Waals surface area contributed by atoms with Crippen molar-refractivity contribution in [2.24, 2.45) is 0 Å². The normalized spacial score (nSPS) is 18.6. The number of likely N-dealkylation sites (tertiary alicyclic amines) is 1. The fourth-order valence-electron chi connectivity index (χ4n) is 3.26. The minimum atomic E-state index is -5.13. The minimum absolute atomic E-state index is 0.0997. The highest BCUT2D eigenvalue weighted by atomic mass is 35.5. The maximum absolute atomic E-state index is 12.8. The van der Waals surface area contributed by atoms with Crippen molar-refractivity contribution in [3.8, 4) is 5.75 Å². The van der Waals surface area contributed by atoms with Crippen LogP contribution < -0.4 is 9.46 Å². The molecule has 1 fully saturated rings. The molecule has 2 amide bonds. The Labute approximate surface area is 187 Å². The lowest BCUT2D eigenvalue weighted by atomic mass is 9.85. The van der Waals surface area contributed by atoms with Gasteiger partial charge in [-0.2, -0.15) is 0 Å². The molecule has 0 saturated carbocycles. The average Bonchev–Trinajstić information content (AvgIpc) is 2.67. The summed E-state index contributed by atoms with van der Waals surface area (Å²) in [6, 6.07) is 10.7. The predicted octanol–water partition coefficient (Wildman–Crippen LogP) is 3.28. The van der Waals surface area contributed by atoms with E-state index in [0.717, 1.165) is 18.2 Å². The van der Waals surface area contributed by atoms with Crippen molar-refractivity contribution in [3.05, 3.63) is 59.1 Å². The number of benzene rings is 2. The number of carbonyl (C=O) groups is 2. The maximum Gasteiger partial charge on any atom is 0.573 e. The van der Waals surface area contributed by atoms with Gasteiger partial charge in [0.1, 0.15) is 16.2 Å². The largest absolute Gasteiger partial charge is 0.573 e. The summed E-state index contributed by atoms with van der Waals surface area (Å²) >= 11 is 6.06. The number of nitrogens with one attached hydrogen (secondary N) is 1. The van der Waals surface area contributed by atoms with E-state index in [-0.39, 0.29) is 19.4 Å².